The molecule has 0 saturated heterocycles. The van der Waals surface area contributed by atoms with Crippen LogP contribution in [0, 0.1) is 17.6 Å². The van der Waals surface area contributed by atoms with Crippen molar-refractivity contribution in [1.29, 1.82) is 0 Å². The van der Waals surface area contributed by atoms with Gasteiger partial charge >= 0.3 is 0 Å². The predicted molar refractivity (Wildman–Crippen MR) is 90.5 cm³/mol. The second-order valence-electron chi connectivity index (χ2n) is 7.23. The van der Waals surface area contributed by atoms with E-state index in [0.29, 0.717) is 11.8 Å². The SMILES string of the molecule is CC1CC[C@H](c2ccc3c(c2)OCC3)CC1c1ccc(F)c(F)c1. The second-order valence-corrected chi connectivity index (χ2v) is 7.23. The molecule has 0 spiro atoms. The Morgan fingerprint density at radius 2 is 1.79 bits per heavy atom. The lowest BCUT2D eigenvalue weighted by Gasteiger charge is -2.35. The zero-order chi connectivity index (χ0) is 16.7. The van der Waals surface area contributed by atoms with E-state index < -0.39 is 11.6 Å². The minimum atomic E-state index is -0.769. The Hall–Kier alpha value is -1.90. The van der Waals surface area contributed by atoms with E-state index in [1.807, 2.05) is 0 Å². The summed E-state index contributed by atoms with van der Waals surface area (Å²) in [5.41, 5.74) is 3.53. The molecular formula is C21H22F2O. The van der Waals surface area contributed by atoms with Gasteiger partial charge in [0.15, 0.2) is 11.6 Å². The molecule has 0 bridgehead atoms. The third-order valence-electron chi connectivity index (χ3n) is 5.76. The van der Waals surface area contributed by atoms with Crippen LogP contribution >= 0.6 is 0 Å². The van der Waals surface area contributed by atoms with Crippen LogP contribution < -0.4 is 4.74 Å². The minimum Gasteiger partial charge on any atom is -0.493 e. The van der Waals surface area contributed by atoms with Crippen molar-refractivity contribution < 1.29 is 13.5 Å². The summed E-state index contributed by atoms with van der Waals surface area (Å²) in [6.45, 7) is 2.99. The Bertz CT molecular complexity index is 755. The van der Waals surface area contributed by atoms with Crippen molar-refractivity contribution in [3.8, 4) is 5.75 Å². The van der Waals surface area contributed by atoms with E-state index in [2.05, 4.69) is 25.1 Å². The quantitative estimate of drug-likeness (QED) is 0.698. The Labute approximate surface area is 141 Å². The van der Waals surface area contributed by atoms with Crippen molar-refractivity contribution in [1.82, 2.24) is 0 Å². The summed E-state index contributed by atoms with van der Waals surface area (Å²) in [5.74, 6) is 0.719. The van der Waals surface area contributed by atoms with Crippen LogP contribution in [-0.2, 0) is 6.42 Å². The van der Waals surface area contributed by atoms with Gasteiger partial charge in [0.05, 0.1) is 6.61 Å². The molecule has 126 valence electrons. The Morgan fingerprint density at radius 1 is 0.958 bits per heavy atom. The van der Waals surface area contributed by atoms with Crippen LogP contribution in [0.1, 0.15) is 54.7 Å². The molecule has 2 aromatic carbocycles. The van der Waals surface area contributed by atoms with Crippen molar-refractivity contribution in [2.75, 3.05) is 6.61 Å². The van der Waals surface area contributed by atoms with Crippen molar-refractivity contribution in [2.45, 2.75) is 44.4 Å². The van der Waals surface area contributed by atoms with Crippen LogP contribution in [0.5, 0.6) is 5.75 Å². The van der Waals surface area contributed by atoms with Gasteiger partial charge in [-0.05, 0) is 71.9 Å². The molecule has 0 aromatic heterocycles. The lowest BCUT2D eigenvalue weighted by molar-refractivity contribution is 0.297. The van der Waals surface area contributed by atoms with E-state index in [-0.39, 0.29) is 5.92 Å². The molecule has 1 aliphatic heterocycles. The summed E-state index contributed by atoms with van der Waals surface area (Å²) >= 11 is 0. The molecular weight excluding hydrogens is 306 g/mol. The molecule has 1 heterocycles. The molecule has 3 atom stereocenters. The van der Waals surface area contributed by atoms with Gasteiger partial charge in [0.25, 0.3) is 0 Å². The summed E-state index contributed by atoms with van der Waals surface area (Å²) in [7, 11) is 0. The highest BCUT2D eigenvalue weighted by Gasteiger charge is 2.30. The van der Waals surface area contributed by atoms with Crippen molar-refractivity contribution in [3.63, 3.8) is 0 Å². The number of hydrogen-bond donors (Lipinski definition) is 0. The van der Waals surface area contributed by atoms with Crippen LogP contribution in [-0.4, -0.2) is 6.61 Å². The number of hydrogen-bond acceptors (Lipinski definition) is 1. The molecule has 2 unspecified atom stereocenters. The van der Waals surface area contributed by atoms with Crippen molar-refractivity contribution in [3.05, 3.63) is 64.7 Å². The molecule has 0 amide bonds. The Morgan fingerprint density at radius 3 is 2.62 bits per heavy atom. The number of rotatable bonds is 2. The van der Waals surface area contributed by atoms with Gasteiger partial charge in [0, 0.05) is 6.42 Å². The molecule has 1 saturated carbocycles. The highest BCUT2D eigenvalue weighted by molar-refractivity contribution is 5.41. The van der Waals surface area contributed by atoms with E-state index >= 15 is 0 Å². The summed E-state index contributed by atoms with van der Waals surface area (Å²) < 4.78 is 32.6. The first kappa shape index (κ1) is 15.6. The molecule has 0 radical (unpaired) electrons. The number of ether oxygens (including phenoxy) is 1. The van der Waals surface area contributed by atoms with Gasteiger partial charge in [-0.3, -0.25) is 0 Å². The number of benzene rings is 2. The van der Waals surface area contributed by atoms with Crippen molar-refractivity contribution in [2.24, 2.45) is 5.92 Å². The average Bonchev–Trinajstić information content (AvgIpc) is 3.05. The maximum atomic E-state index is 13.6. The smallest absolute Gasteiger partial charge is 0.159 e. The van der Waals surface area contributed by atoms with Gasteiger partial charge < -0.3 is 4.74 Å². The summed E-state index contributed by atoms with van der Waals surface area (Å²) in [5, 5.41) is 0. The van der Waals surface area contributed by atoms with E-state index in [4.69, 9.17) is 4.74 Å². The molecule has 1 fully saturated rings. The average molecular weight is 328 g/mol. The molecule has 1 nitrogen and oxygen atoms in total. The van der Waals surface area contributed by atoms with Gasteiger partial charge in [-0.15, -0.1) is 0 Å². The van der Waals surface area contributed by atoms with E-state index in [9.17, 15) is 8.78 Å². The second kappa shape index (κ2) is 6.19. The third kappa shape index (κ3) is 2.81. The highest BCUT2D eigenvalue weighted by atomic mass is 19.2. The fourth-order valence-corrected chi connectivity index (χ4v) is 4.27. The van der Waals surface area contributed by atoms with Crippen molar-refractivity contribution >= 4 is 0 Å². The summed E-state index contributed by atoms with van der Waals surface area (Å²) in [6.07, 6.45) is 4.21. The fraction of sp³-hybridized carbons (Fsp3) is 0.429. The van der Waals surface area contributed by atoms with Crippen LogP contribution in [0.4, 0.5) is 8.78 Å². The fourth-order valence-electron chi connectivity index (χ4n) is 4.27. The standard InChI is InChI=1S/C21H22F2O/c1-13-2-3-15(16-5-4-14-8-9-24-21(14)12-16)10-18(13)17-6-7-19(22)20(23)11-17/h4-7,11-13,15,18H,2-3,8-10H2,1H3/t13?,15-,18?/m0/s1. The van der Waals surface area contributed by atoms with E-state index in [1.165, 1.54) is 23.3 Å². The van der Waals surface area contributed by atoms with Crippen LogP contribution in [0.25, 0.3) is 0 Å². The van der Waals surface area contributed by atoms with Crippen LogP contribution in [0.2, 0.25) is 0 Å². The molecule has 2 aliphatic rings. The maximum absolute atomic E-state index is 13.6. The molecule has 4 rings (SSSR count). The number of halogens is 2. The van der Waals surface area contributed by atoms with E-state index in [0.717, 1.165) is 43.6 Å². The van der Waals surface area contributed by atoms with Crippen LogP contribution in [0.3, 0.4) is 0 Å². The normalized spacial score (nSPS) is 26.0. The number of fused-ring (bicyclic) bond motifs is 1. The first-order valence-corrected chi connectivity index (χ1v) is 8.82. The van der Waals surface area contributed by atoms with Gasteiger partial charge in [0.1, 0.15) is 5.75 Å². The summed E-state index contributed by atoms with van der Waals surface area (Å²) in [6, 6.07) is 11.0. The molecule has 2 aromatic rings. The minimum absolute atomic E-state index is 0.271. The first-order valence-electron chi connectivity index (χ1n) is 8.82. The molecule has 0 N–H and O–H groups in total. The summed E-state index contributed by atoms with van der Waals surface area (Å²) in [4.78, 5) is 0. The first-order chi connectivity index (χ1) is 11.6. The van der Waals surface area contributed by atoms with Gasteiger partial charge in [0.2, 0.25) is 0 Å². The zero-order valence-corrected chi connectivity index (χ0v) is 13.9. The third-order valence-corrected chi connectivity index (χ3v) is 5.76. The lowest BCUT2D eigenvalue weighted by atomic mass is 9.70. The topological polar surface area (TPSA) is 9.23 Å². The van der Waals surface area contributed by atoms with E-state index in [1.54, 1.807) is 6.07 Å². The lowest BCUT2D eigenvalue weighted by Crippen LogP contribution is -2.20. The predicted octanol–water partition coefficient (Wildman–Crippen LogP) is 5.59. The van der Waals surface area contributed by atoms with Gasteiger partial charge in [-0.2, -0.15) is 0 Å². The zero-order valence-electron chi connectivity index (χ0n) is 13.9. The highest BCUT2D eigenvalue weighted by Crippen LogP contribution is 2.45. The van der Waals surface area contributed by atoms with Gasteiger partial charge in [-0.1, -0.05) is 25.1 Å². The molecule has 24 heavy (non-hydrogen) atoms. The maximum Gasteiger partial charge on any atom is 0.159 e. The van der Waals surface area contributed by atoms with Crippen LogP contribution in [0.15, 0.2) is 36.4 Å². The molecule has 1 aliphatic carbocycles. The van der Waals surface area contributed by atoms with Gasteiger partial charge in [-0.25, -0.2) is 8.78 Å². The Kier molecular flexibility index (Phi) is 4.03. The largest absolute Gasteiger partial charge is 0.493 e. The molecule has 3 heteroatoms. The monoisotopic (exact) mass is 328 g/mol. The Balaban J connectivity index is 1.59.